The third-order valence-corrected chi connectivity index (χ3v) is 2.76. The summed E-state index contributed by atoms with van der Waals surface area (Å²) in [5.74, 6) is -2.86. The molecule has 0 aliphatic carbocycles. The van der Waals surface area contributed by atoms with Crippen LogP contribution in [-0.2, 0) is 0 Å². The molecule has 0 fully saturated rings. The molecule has 0 spiro atoms. The number of allylic oxidation sites excluding steroid dienone is 1. The number of ketones is 1. The summed E-state index contributed by atoms with van der Waals surface area (Å²) in [5.41, 5.74) is -0.713. The summed E-state index contributed by atoms with van der Waals surface area (Å²) in [5, 5.41) is 10.8. The van der Waals surface area contributed by atoms with Crippen molar-refractivity contribution in [3.05, 3.63) is 81.4 Å². The molecule has 2 aromatic rings. The van der Waals surface area contributed by atoms with E-state index in [0.717, 1.165) is 30.4 Å². The van der Waals surface area contributed by atoms with Crippen molar-refractivity contribution in [2.75, 3.05) is 0 Å². The number of benzene rings is 2. The van der Waals surface area contributed by atoms with Gasteiger partial charge in [-0.3, -0.25) is 14.9 Å². The molecule has 0 aliphatic heterocycles. The van der Waals surface area contributed by atoms with Crippen LogP contribution in [0, 0.1) is 21.7 Å². The SMILES string of the molecule is O=C(/C=C/c1ccccc1[N+](=O)[O-])c1c(F)cccc1F. The van der Waals surface area contributed by atoms with Gasteiger partial charge in [-0.05, 0) is 30.4 Å². The summed E-state index contributed by atoms with van der Waals surface area (Å²) >= 11 is 0. The van der Waals surface area contributed by atoms with Gasteiger partial charge in [0.2, 0.25) is 0 Å². The van der Waals surface area contributed by atoms with E-state index in [4.69, 9.17) is 0 Å². The zero-order valence-electron chi connectivity index (χ0n) is 10.6. The predicted molar refractivity (Wildman–Crippen MR) is 72.8 cm³/mol. The Morgan fingerprint density at radius 3 is 2.29 bits per heavy atom. The Labute approximate surface area is 118 Å². The van der Waals surface area contributed by atoms with Crippen molar-refractivity contribution in [2.45, 2.75) is 0 Å². The second-order valence-corrected chi connectivity index (χ2v) is 4.11. The summed E-state index contributed by atoms with van der Waals surface area (Å²) in [7, 11) is 0. The molecule has 0 N–H and O–H groups in total. The Hall–Kier alpha value is -2.89. The van der Waals surface area contributed by atoms with E-state index >= 15 is 0 Å². The van der Waals surface area contributed by atoms with Gasteiger partial charge in [0.25, 0.3) is 5.69 Å². The smallest absolute Gasteiger partial charge is 0.276 e. The number of nitro groups is 1. The maximum Gasteiger partial charge on any atom is 0.276 e. The van der Waals surface area contributed by atoms with Gasteiger partial charge >= 0.3 is 0 Å². The maximum absolute atomic E-state index is 13.4. The Kier molecular flexibility index (Phi) is 4.18. The molecule has 106 valence electrons. The lowest BCUT2D eigenvalue weighted by Crippen LogP contribution is -2.02. The van der Waals surface area contributed by atoms with Gasteiger partial charge in [0, 0.05) is 6.07 Å². The first kappa shape index (κ1) is 14.5. The van der Waals surface area contributed by atoms with E-state index in [9.17, 15) is 23.7 Å². The van der Waals surface area contributed by atoms with Crippen molar-refractivity contribution < 1.29 is 18.5 Å². The van der Waals surface area contributed by atoms with Crippen LogP contribution >= 0.6 is 0 Å². The first-order valence-corrected chi connectivity index (χ1v) is 5.90. The number of hydrogen-bond donors (Lipinski definition) is 0. The van der Waals surface area contributed by atoms with Crippen molar-refractivity contribution in [1.29, 1.82) is 0 Å². The molecule has 0 atom stereocenters. The maximum atomic E-state index is 13.4. The third-order valence-electron chi connectivity index (χ3n) is 2.76. The van der Waals surface area contributed by atoms with Gasteiger partial charge in [0.05, 0.1) is 16.1 Å². The average Bonchev–Trinajstić information content (AvgIpc) is 2.45. The second kappa shape index (κ2) is 6.04. The molecule has 0 saturated carbocycles. The van der Waals surface area contributed by atoms with Crippen LogP contribution < -0.4 is 0 Å². The minimum Gasteiger partial charge on any atom is -0.289 e. The summed E-state index contributed by atoms with van der Waals surface area (Å²) in [6.07, 6.45) is 2.07. The lowest BCUT2D eigenvalue weighted by molar-refractivity contribution is -0.385. The van der Waals surface area contributed by atoms with Gasteiger partial charge in [-0.1, -0.05) is 18.2 Å². The van der Waals surface area contributed by atoms with Crippen molar-refractivity contribution in [2.24, 2.45) is 0 Å². The van der Waals surface area contributed by atoms with E-state index in [-0.39, 0.29) is 11.3 Å². The number of nitrogens with zero attached hydrogens (tertiary/aromatic N) is 1. The van der Waals surface area contributed by atoms with Crippen molar-refractivity contribution in [1.82, 2.24) is 0 Å². The Bertz CT molecular complexity index is 721. The summed E-state index contributed by atoms with van der Waals surface area (Å²) in [4.78, 5) is 22.0. The fourth-order valence-corrected chi connectivity index (χ4v) is 1.78. The zero-order chi connectivity index (χ0) is 15.4. The van der Waals surface area contributed by atoms with Crippen molar-refractivity contribution >= 4 is 17.5 Å². The van der Waals surface area contributed by atoms with Gasteiger partial charge < -0.3 is 0 Å². The number of para-hydroxylation sites is 1. The molecule has 0 bridgehead atoms. The van der Waals surface area contributed by atoms with Crippen molar-refractivity contribution in [3.63, 3.8) is 0 Å². The Morgan fingerprint density at radius 2 is 1.67 bits per heavy atom. The van der Waals surface area contributed by atoms with E-state index in [2.05, 4.69) is 0 Å². The molecule has 4 nitrogen and oxygen atoms in total. The van der Waals surface area contributed by atoms with Gasteiger partial charge in [-0.15, -0.1) is 0 Å². The minimum absolute atomic E-state index is 0.174. The summed E-state index contributed by atoms with van der Waals surface area (Å²) in [6.45, 7) is 0. The topological polar surface area (TPSA) is 60.2 Å². The minimum atomic E-state index is -0.979. The van der Waals surface area contributed by atoms with E-state index in [1.807, 2.05) is 0 Å². The van der Waals surface area contributed by atoms with Crippen LogP contribution in [0.5, 0.6) is 0 Å². The largest absolute Gasteiger partial charge is 0.289 e. The number of carbonyl (C=O) groups is 1. The third kappa shape index (κ3) is 3.17. The fraction of sp³-hybridized carbons (Fsp3) is 0. The quantitative estimate of drug-likeness (QED) is 0.372. The number of carbonyl (C=O) groups excluding carboxylic acids is 1. The molecule has 0 amide bonds. The first-order valence-electron chi connectivity index (χ1n) is 5.90. The fourth-order valence-electron chi connectivity index (χ4n) is 1.78. The lowest BCUT2D eigenvalue weighted by atomic mass is 10.1. The molecule has 2 aromatic carbocycles. The number of hydrogen-bond acceptors (Lipinski definition) is 3. The lowest BCUT2D eigenvalue weighted by Gasteiger charge is -2.00. The standard InChI is InChI=1S/C15H9F2NO3/c16-11-5-3-6-12(17)15(11)14(19)9-8-10-4-1-2-7-13(10)18(20)21/h1-9H/b9-8+. The summed E-state index contributed by atoms with van der Waals surface area (Å²) < 4.78 is 26.9. The highest BCUT2D eigenvalue weighted by Crippen LogP contribution is 2.20. The average molecular weight is 289 g/mol. The van der Waals surface area contributed by atoms with Crippen LogP contribution in [0.2, 0.25) is 0 Å². The molecule has 0 aliphatic rings. The van der Waals surface area contributed by atoms with Crippen LogP contribution in [0.1, 0.15) is 15.9 Å². The van der Waals surface area contributed by atoms with Gasteiger partial charge in [0.1, 0.15) is 11.6 Å². The Balaban J connectivity index is 2.34. The van der Waals surface area contributed by atoms with E-state index in [1.54, 1.807) is 6.07 Å². The highest BCUT2D eigenvalue weighted by Gasteiger charge is 2.15. The monoisotopic (exact) mass is 289 g/mol. The van der Waals surface area contributed by atoms with Crippen LogP contribution in [0.4, 0.5) is 14.5 Å². The molecular weight excluding hydrogens is 280 g/mol. The van der Waals surface area contributed by atoms with Crippen LogP contribution in [0.25, 0.3) is 6.08 Å². The van der Waals surface area contributed by atoms with Gasteiger partial charge in [-0.2, -0.15) is 0 Å². The highest BCUT2D eigenvalue weighted by atomic mass is 19.1. The molecule has 0 heterocycles. The molecule has 0 radical (unpaired) electrons. The zero-order valence-corrected chi connectivity index (χ0v) is 10.6. The Morgan fingerprint density at radius 1 is 1.05 bits per heavy atom. The number of nitro benzene ring substituents is 1. The van der Waals surface area contributed by atoms with E-state index in [0.29, 0.717) is 0 Å². The van der Waals surface area contributed by atoms with Crippen LogP contribution in [0.3, 0.4) is 0 Å². The molecule has 2 rings (SSSR count). The normalized spacial score (nSPS) is 10.8. The van der Waals surface area contributed by atoms with Crippen molar-refractivity contribution in [3.8, 4) is 0 Å². The van der Waals surface area contributed by atoms with Gasteiger partial charge in [0.15, 0.2) is 5.78 Å². The molecule has 0 unspecified atom stereocenters. The van der Waals surface area contributed by atoms with Crippen LogP contribution in [0.15, 0.2) is 48.5 Å². The van der Waals surface area contributed by atoms with E-state index in [1.165, 1.54) is 18.2 Å². The molecule has 21 heavy (non-hydrogen) atoms. The first-order chi connectivity index (χ1) is 10.0. The molecule has 6 heteroatoms. The van der Waals surface area contributed by atoms with Gasteiger partial charge in [-0.25, -0.2) is 8.78 Å². The number of rotatable bonds is 4. The second-order valence-electron chi connectivity index (χ2n) is 4.11. The molecule has 0 saturated heterocycles. The molecule has 0 aromatic heterocycles. The van der Waals surface area contributed by atoms with E-state index < -0.39 is 27.9 Å². The highest BCUT2D eigenvalue weighted by molar-refractivity contribution is 6.07. The number of halogens is 2. The molecular formula is C15H9F2NO3. The summed E-state index contributed by atoms with van der Waals surface area (Å²) in [6, 6.07) is 8.82. The van der Waals surface area contributed by atoms with Crippen LogP contribution in [-0.4, -0.2) is 10.7 Å². The predicted octanol–water partition coefficient (Wildman–Crippen LogP) is 3.77.